The molecule has 0 radical (unpaired) electrons. The van der Waals surface area contributed by atoms with Gasteiger partial charge in [-0.25, -0.2) is 4.39 Å². The summed E-state index contributed by atoms with van der Waals surface area (Å²) < 4.78 is 13.2. The van der Waals surface area contributed by atoms with E-state index in [1.807, 2.05) is 6.07 Å². The molecule has 1 N–H and O–H groups in total. The van der Waals surface area contributed by atoms with Crippen LogP contribution in [0.2, 0.25) is 0 Å². The van der Waals surface area contributed by atoms with Crippen LogP contribution in [0.4, 0.5) is 4.39 Å². The molecular formula is C13H20FNS. The van der Waals surface area contributed by atoms with Crippen molar-refractivity contribution in [1.82, 2.24) is 5.32 Å². The Morgan fingerprint density at radius 2 is 2.12 bits per heavy atom. The number of rotatable bonds is 6. The molecule has 90 valence electrons. The van der Waals surface area contributed by atoms with E-state index in [0.29, 0.717) is 5.25 Å². The van der Waals surface area contributed by atoms with Gasteiger partial charge in [0.2, 0.25) is 0 Å². The first kappa shape index (κ1) is 13.5. The van der Waals surface area contributed by atoms with E-state index < -0.39 is 0 Å². The third-order valence-corrected chi connectivity index (χ3v) is 3.25. The van der Waals surface area contributed by atoms with Crippen LogP contribution in [0.15, 0.2) is 23.1 Å². The first-order valence-corrected chi connectivity index (χ1v) is 6.67. The van der Waals surface area contributed by atoms with Crippen molar-refractivity contribution in [2.75, 3.05) is 6.54 Å². The molecular weight excluding hydrogens is 221 g/mol. The second-order valence-electron chi connectivity index (χ2n) is 4.10. The zero-order valence-corrected chi connectivity index (χ0v) is 11.0. The van der Waals surface area contributed by atoms with Gasteiger partial charge in [-0.2, -0.15) is 0 Å². The molecule has 0 amide bonds. The molecule has 0 saturated heterocycles. The van der Waals surface area contributed by atoms with E-state index in [4.69, 9.17) is 0 Å². The van der Waals surface area contributed by atoms with Crippen molar-refractivity contribution in [2.45, 2.75) is 43.9 Å². The Morgan fingerprint density at radius 3 is 2.75 bits per heavy atom. The lowest BCUT2D eigenvalue weighted by molar-refractivity contribution is 0.615. The Kier molecular flexibility index (Phi) is 5.85. The summed E-state index contributed by atoms with van der Waals surface area (Å²) in [6, 6.07) is 5.05. The Labute approximate surface area is 102 Å². The van der Waals surface area contributed by atoms with E-state index in [-0.39, 0.29) is 5.82 Å². The minimum absolute atomic E-state index is 0.151. The molecule has 1 nitrogen and oxygen atoms in total. The predicted octanol–water partition coefficient (Wildman–Crippen LogP) is 3.83. The van der Waals surface area contributed by atoms with Crippen molar-refractivity contribution >= 4 is 11.8 Å². The van der Waals surface area contributed by atoms with Gasteiger partial charge in [0.05, 0.1) is 0 Å². The Morgan fingerprint density at radius 1 is 1.38 bits per heavy atom. The molecule has 0 fully saturated rings. The maximum absolute atomic E-state index is 13.2. The lowest BCUT2D eigenvalue weighted by Gasteiger charge is -2.12. The Hall–Kier alpha value is -0.540. The van der Waals surface area contributed by atoms with E-state index in [2.05, 4.69) is 26.1 Å². The van der Waals surface area contributed by atoms with Gasteiger partial charge >= 0.3 is 0 Å². The fraction of sp³-hybridized carbons (Fsp3) is 0.538. The molecule has 0 saturated carbocycles. The summed E-state index contributed by atoms with van der Waals surface area (Å²) in [6.07, 6.45) is 1.10. The smallest absolute Gasteiger partial charge is 0.123 e. The normalized spacial score (nSPS) is 11.1. The summed E-state index contributed by atoms with van der Waals surface area (Å²) >= 11 is 1.79. The summed E-state index contributed by atoms with van der Waals surface area (Å²) in [5.41, 5.74) is 1.06. The average Bonchev–Trinajstić information content (AvgIpc) is 2.22. The number of nitrogens with one attached hydrogen (secondary N) is 1. The zero-order valence-electron chi connectivity index (χ0n) is 10.2. The van der Waals surface area contributed by atoms with Crippen molar-refractivity contribution in [3.05, 3.63) is 29.6 Å². The molecule has 1 aromatic rings. The summed E-state index contributed by atoms with van der Waals surface area (Å²) in [4.78, 5) is 1.18. The molecule has 0 heterocycles. The molecule has 0 atom stereocenters. The van der Waals surface area contributed by atoms with Gasteiger partial charge in [-0.15, -0.1) is 11.8 Å². The molecule has 0 aliphatic carbocycles. The number of hydrogen-bond acceptors (Lipinski definition) is 2. The van der Waals surface area contributed by atoms with Crippen molar-refractivity contribution < 1.29 is 4.39 Å². The lowest BCUT2D eigenvalue weighted by Crippen LogP contribution is -2.14. The first-order valence-electron chi connectivity index (χ1n) is 5.79. The highest BCUT2D eigenvalue weighted by Crippen LogP contribution is 2.27. The summed E-state index contributed by atoms with van der Waals surface area (Å²) in [5.74, 6) is -0.151. The number of halogens is 1. The van der Waals surface area contributed by atoms with Crippen LogP contribution in [0, 0.1) is 5.82 Å². The molecule has 0 unspecified atom stereocenters. The van der Waals surface area contributed by atoms with Crippen LogP contribution < -0.4 is 5.32 Å². The fourth-order valence-corrected chi connectivity index (χ4v) is 2.39. The number of benzene rings is 1. The van der Waals surface area contributed by atoms with Crippen LogP contribution in [-0.2, 0) is 6.54 Å². The highest BCUT2D eigenvalue weighted by Gasteiger charge is 2.06. The summed E-state index contributed by atoms with van der Waals surface area (Å²) in [6.45, 7) is 8.15. The van der Waals surface area contributed by atoms with Gasteiger partial charge in [-0.3, -0.25) is 0 Å². The molecule has 1 rings (SSSR count). The molecule has 0 spiro atoms. The maximum atomic E-state index is 13.2. The van der Waals surface area contributed by atoms with Gasteiger partial charge in [0.25, 0.3) is 0 Å². The minimum Gasteiger partial charge on any atom is -0.313 e. The van der Waals surface area contributed by atoms with Crippen LogP contribution >= 0.6 is 11.8 Å². The maximum Gasteiger partial charge on any atom is 0.123 e. The van der Waals surface area contributed by atoms with Crippen LogP contribution in [0.25, 0.3) is 0 Å². The largest absolute Gasteiger partial charge is 0.313 e. The summed E-state index contributed by atoms with van der Waals surface area (Å²) in [5, 5.41) is 3.84. The van der Waals surface area contributed by atoms with Crippen LogP contribution in [0.3, 0.4) is 0 Å². The molecule has 1 aromatic carbocycles. The van der Waals surface area contributed by atoms with E-state index in [1.165, 1.54) is 11.0 Å². The Bertz CT molecular complexity index is 326. The third kappa shape index (κ3) is 4.54. The van der Waals surface area contributed by atoms with Crippen LogP contribution in [0.5, 0.6) is 0 Å². The van der Waals surface area contributed by atoms with Crippen LogP contribution in [0.1, 0.15) is 32.8 Å². The lowest BCUT2D eigenvalue weighted by atomic mass is 10.2. The standard InChI is InChI=1S/C13H20FNS/c1-4-7-15-9-11-8-12(14)5-6-13(11)16-10(2)3/h5-6,8,10,15H,4,7,9H2,1-3H3. The molecule has 16 heavy (non-hydrogen) atoms. The molecule has 0 bridgehead atoms. The molecule has 0 aliphatic rings. The quantitative estimate of drug-likeness (QED) is 0.600. The monoisotopic (exact) mass is 241 g/mol. The topological polar surface area (TPSA) is 12.0 Å². The highest BCUT2D eigenvalue weighted by atomic mass is 32.2. The number of thioether (sulfide) groups is 1. The second kappa shape index (κ2) is 6.92. The van der Waals surface area contributed by atoms with Gasteiger partial charge in [-0.05, 0) is 36.7 Å². The molecule has 0 aliphatic heterocycles. The van der Waals surface area contributed by atoms with Crippen molar-refractivity contribution in [1.29, 1.82) is 0 Å². The second-order valence-corrected chi connectivity index (χ2v) is 5.71. The van der Waals surface area contributed by atoms with E-state index >= 15 is 0 Å². The van der Waals surface area contributed by atoms with Gasteiger partial charge in [0, 0.05) is 16.7 Å². The van der Waals surface area contributed by atoms with Crippen molar-refractivity contribution in [3.63, 3.8) is 0 Å². The van der Waals surface area contributed by atoms with Gasteiger partial charge < -0.3 is 5.32 Å². The van der Waals surface area contributed by atoms with Gasteiger partial charge in [0.15, 0.2) is 0 Å². The highest BCUT2D eigenvalue weighted by molar-refractivity contribution is 8.00. The summed E-state index contributed by atoms with van der Waals surface area (Å²) in [7, 11) is 0. The van der Waals surface area contributed by atoms with E-state index in [9.17, 15) is 4.39 Å². The van der Waals surface area contributed by atoms with Gasteiger partial charge in [-0.1, -0.05) is 20.8 Å². The zero-order chi connectivity index (χ0) is 12.0. The van der Waals surface area contributed by atoms with Crippen molar-refractivity contribution in [3.8, 4) is 0 Å². The van der Waals surface area contributed by atoms with Crippen molar-refractivity contribution in [2.24, 2.45) is 0 Å². The average molecular weight is 241 g/mol. The number of hydrogen-bond donors (Lipinski definition) is 1. The fourth-order valence-electron chi connectivity index (χ4n) is 1.45. The molecule has 0 aromatic heterocycles. The SMILES string of the molecule is CCCNCc1cc(F)ccc1SC(C)C. The van der Waals surface area contributed by atoms with Gasteiger partial charge in [0.1, 0.15) is 5.82 Å². The minimum atomic E-state index is -0.151. The van der Waals surface area contributed by atoms with E-state index in [1.54, 1.807) is 17.8 Å². The van der Waals surface area contributed by atoms with Crippen LogP contribution in [-0.4, -0.2) is 11.8 Å². The Balaban J connectivity index is 2.73. The first-order chi connectivity index (χ1) is 7.63. The third-order valence-electron chi connectivity index (χ3n) is 2.13. The predicted molar refractivity (Wildman–Crippen MR) is 69.4 cm³/mol. The molecule has 3 heteroatoms. The van der Waals surface area contributed by atoms with E-state index in [0.717, 1.165) is 25.1 Å².